The first-order valence-corrected chi connectivity index (χ1v) is 27.6. The number of allylic oxidation sites excluding steroid dienone is 6. The van der Waals surface area contributed by atoms with Crippen molar-refractivity contribution in [2.24, 2.45) is 0 Å². The third kappa shape index (κ3) is 30.1. The van der Waals surface area contributed by atoms with Gasteiger partial charge in [-0.05, 0) is 70.6 Å². The van der Waals surface area contributed by atoms with E-state index in [0.717, 1.165) is 64.2 Å². The van der Waals surface area contributed by atoms with E-state index in [0.29, 0.717) is 13.0 Å². The summed E-state index contributed by atoms with van der Waals surface area (Å²) in [7, 11) is 0. The molecular weight excluding hydrogens is 885 g/mol. The van der Waals surface area contributed by atoms with Crippen LogP contribution >= 0.6 is 0 Å². The zero-order chi connectivity index (χ0) is 50.2. The van der Waals surface area contributed by atoms with Gasteiger partial charge in [0.05, 0.1) is 26.4 Å². The molecule has 0 radical (unpaired) electrons. The molecule has 0 saturated carbocycles. The summed E-state index contributed by atoms with van der Waals surface area (Å²) in [6.07, 6.45) is 32.0. The van der Waals surface area contributed by atoms with Crippen LogP contribution in [-0.2, 0) is 33.2 Å². The van der Waals surface area contributed by atoms with Crippen LogP contribution in [0, 0.1) is 0 Å². The molecule has 14 nitrogen and oxygen atoms in total. The van der Waals surface area contributed by atoms with Gasteiger partial charge in [0.15, 0.2) is 12.6 Å². The summed E-state index contributed by atoms with van der Waals surface area (Å²) < 4.78 is 34.3. The van der Waals surface area contributed by atoms with E-state index in [1.54, 1.807) is 0 Å². The van der Waals surface area contributed by atoms with E-state index < -0.39 is 80.7 Å². The number of rotatable bonds is 44. The quantitative estimate of drug-likeness (QED) is 0.0173. The average Bonchev–Trinajstić information content (AvgIpc) is 3.35. The second-order valence-corrected chi connectivity index (χ2v) is 19.4. The zero-order valence-electron chi connectivity index (χ0n) is 43.1. The molecule has 2 aliphatic rings. The minimum absolute atomic E-state index is 0.0560. The van der Waals surface area contributed by atoms with Crippen molar-refractivity contribution >= 4 is 5.97 Å². The van der Waals surface area contributed by atoms with Crippen LogP contribution in [-0.4, -0.2) is 142 Å². The van der Waals surface area contributed by atoms with Gasteiger partial charge in [-0.3, -0.25) is 4.79 Å². The van der Waals surface area contributed by atoms with Crippen molar-refractivity contribution in [1.29, 1.82) is 0 Å². The molecule has 0 amide bonds. The lowest BCUT2D eigenvalue weighted by atomic mass is 9.98. The van der Waals surface area contributed by atoms with E-state index in [1.165, 1.54) is 116 Å². The van der Waals surface area contributed by atoms with Gasteiger partial charge in [-0.2, -0.15) is 0 Å². The minimum Gasteiger partial charge on any atom is -0.457 e. The van der Waals surface area contributed by atoms with Crippen molar-refractivity contribution in [3.8, 4) is 0 Å². The van der Waals surface area contributed by atoms with E-state index in [9.17, 15) is 40.5 Å². The molecule has 0 aromatic heterocycles. The maximum atomic E-state index is 13.0. The summed E-state index contributed by atoms with van der Waals surface area (Å²) in [5.74, 6) is -0.389. The summed E-state index contributed by atoms with van der Waals surface area (Å²) >= 11 is 0. The maximum absolute atomic E-state index is 13.0. The Hall–Kier alpha value is -1.79. The molecule has 0 aromatic carbocycles. The molecule has 2 aliphatic heterocycles. The number of esters is 1. The molecule has 7 N–H and O–H groups in total. The highest BCUT2D eigenvalue weighted by Gasteiger charge is 2.47. The van der Waals surface area contributed by atoms with Gasteiger partial charge in [0, 0.05) is 13.0 Å². The van der Waals surface area contributed by atoms with Gasteiger partial charge in [-0.15, -0.1) is 0 Å². The molecule has 14 heteroatoms. The minimum atomic E-state index is -1.71. The third-order valence-electron chi connectivity index (χ3n) is 13.1. The smallest absolute Gasteiger partial charge is 0.306 e. The van der Waals surface area contributed by atoms with Gasteiger partial charge in [-0.25, -0.2) is 0 Å². The standard InChI is InChI=1S/C55H100O14/c1-3-5-7-9-11-13-15-17-19-20-21-22-23-25-27-29-31-33-35-37-39-64-41-44(67-47(57)38-36-34-32-30-28-26-24-18-16-14-12-10-8-6-4-2)42-65-54-53(63)51(61)49(59)46(69-54)43-66-55-52(62)50(60)48(58)45(40-56)68-55/h12,14,17-19,24,44-46,48-56,58-63H,3-11,13,15-16,20-23,25-43H2,1-2H3/b14-12-,19-17-,24-18-. The summed E-state index contributed by atoms with van der Waals surface area (Å²) in [6.45, 7) is 3.65. The molecule has 404 valence electrons. The van der Waals surface area contributed by atoms with Crippen molar-refractivity contribution in [2.45, 2.75) is 274 Å². The predicted molar refractivity (Wildman–Crippen MR) is 270 cm³/mol. The van der Waals surface area contributed by atoms with Gasteiger partial charge in [0.25, 0.3) is 0 Å². The summed E-state index contributed by atoms with van der Waals surface area (Å²) in [5.41, 5.74) is 0. The number of ether oxygens (including phenoxy) is 6. The largest absolute Gasteiger partial charge is 0.457 e. The first kappa shape index (κ1) is 63.3. The van der Waals surface area contributed by atoms with E-state index >= 15 is 0 Å². The van der Waals surface area contributed by atoms with Crippen LogP contribution in [0.2, 0.25) is 0 Å². The van der Waals surface area contributed by atoms with Crippen molar-refractivity contribution in [2.75, 3.05) is 33.0 Å². The summed E-state index contributed by atoms with van der Waals surface area (Å²) in [6, 6.07) is 0. The van der Waals surface area contributed by atoms with E-state index in [1.807, 2.05) is 0 Å². The molecule has 11 atom stereocenters. The van der Waals surface area contributed by atoms with Crippen LogP contribution < -0.4 is 0 Å². The molecule has 0 bridgehead atoms. The van der Waals surface area contributed by atoms with Gasteiger partial charge < -0.3 is 64.2 Å². The fourth-order valence-electron chi connectivity index (χ4n) is 8.60. The number of hydrogen-bond acceptors (Lipinski definition) is 14. The van der Waals surface area contributed by atoms with E-state index in [-0.39, 0.29) is 25.6 Å². The lowest BCUT2D eigenvalue weighted by Crippen LogP contribution is -2.61. The molecule has 2 heterocycles. The highest BCUT2D eigenvalue weighted by Crippen LogP contribution is 2.26. The fraction of sp³-hybridized carbons (Fsp3) is 0.873. The Morgan fingerprint density at radius 2 is 0.899 bits per heavy atom. The summed E-state index contributed by atoms with van der Waals surface area (Å²) in [4.78, 5) is 13.0. The van der Waals surface area contributed by atoms with Crippen molar-refractivity contribution in [3.05, 3.63) is 36.5 Å². The number of hydrogen-bond donors (Lipinski definition) is 7. The Morgan fingerprint density at radius 1 is 0.478 bits per heavy atom. The molecule has 2 fully saturated rings. The highest BCUT2D eigenvalue weighted by atomic mass is 16.7. The number of carbonyl (C=O) groups excluding carboxylic acids is 1. The number of unbranched alkanes of at least 4 members (excludes halogenated alkanes) is 24. The van der Waals surface area contributed by atoms with Crippen LogP contribution in [0.15, 0.2) is 36.5 Å². The van der Waals surface area contributed by atoms with Crippen LogP contribution in [0.1, 0.15) is 206 Å². The molecule has 2 saturated heterocycles. The highest BCUT2D eigenvalue weighted by molar-refractivity contribution is 5.69. The number of carbonyl (C=O) groups is 1. The van der Waals surface area contributed by atoms with Gasteiger partial charge >= 0.3 is 5.97 Å². The Kier molecular flexibility index (Phi) is 39.2. The second kappa shape index (κ2) is 42.7. The van der Waals surface area contributed by atoms with Gasteiger partial charge in [0.1, 0.15) is 54.9 Å². The predicted octanol–water partition coefficient (Wildman–Crippen LogP) is 8.97. The van der Waals surface area contributed by atoms with Crippen LogP contribution in [0.3, 0.4) is 0 Å². The van der Waals surface area contributed by atoms with Gasteiger partial charge in [0.2, 0.25) is 0 Å². The Labute approximate surface area is 417 Å². The third-order valence-corrected chi connectivity index (χ3v) is 13.1. The van der Waals surface area contributed by atoms with Crippen molar-refractivity contribution in [1.82, 2.24) is 0 Å². The fourth-order valence-corrected chi connectivity index (χ4v) is 8.60. The molecule has 11 unspecified atom stereocenters. The van der Waals surface area contributed by atoms with Crippen molar-refractivity contribution < 1.29 is 69.0 Å². The molecule has 0 aromatic rings. The molecule has 2 rings (SSSR count). The Morgan fingerprint density at radius 3 is 1.43 bits per heavy atom. The number of aliphatic hydroxyl groups is 7. The Bertz CT molecular complexity index is 1280. The first-order valence-electron chi connectivity index (χ1n) is 27.6. The monoisotopic (exact) mass is 985 g/mol. The lowest BCUT2D eigenvalue weighted by Gasteiger charge is -2.42. The Balaban J connectivity index is 1.74. The van der Waals surface area contributed by atoms with Gasteiger partial charge in [-0.1, -0.05) is 166 Å². The van der Waals surface area contributed by atoms with Crippen LogP contribution in [0.5, 0.6) is 0 Å². The number of aliphatic hydroxyl groups excluding tert-OH is 7. The molecule has 69 heavy (non-hydrogen) atoms. The lowest BCUT2D eigenvalue weighted by molar-refractivity contribution is -0.332. The molecular formula is C55H100O14. The summed E-state index contributed by atoms with van der Waals surface area (Å²) in [5, 5.41) is 72.2. The zero-order valence-corrected chi connectivity index (χ0v) is 43.1. The molecule has 0 aliphatic carbocycles. The maximum Gasteiger partial charge on any atom is 0.306 e. The van der Waals surface area contributed by atoms with Crippen molar-refractivity contribution in [3.63, 3.8) is 0 Å². The molecule has 0 spiro atoms. The normalized spacial score (nSPS) is 25.9. The van der Waals surface area contributed by atoms with E-state index in [2.05, 4.69) is 50.3 Å². The average molecular weight is 985 g/mol. The second-order valence-electron chi connectivity index (χ2n) is 19.4. The van der Waals surface area contributed by atoms with Crippen LogP contribution in [0.4, 0.5) is 0 Å². The SMILES string of the molecule is CCCCC/C=C\C/C=C\CCCCCCCC(=O)OC(COCCCCCCCCCCCC/C=C\CCCCCCCC)COC1OC(COC2OC(CO)C(O)C(O)C2O)C(O)C(O)C1O. The van der Waals surface area contributed by atoms with Crippen LogP contribution in [0.25, 0.3) is 0 Å². The first-order chi connectivity index (χ1) is 33.6. The topological polar surface area (TPSA) is 214 Å². The van der Waals surface area contributed by atoms with E-state index in [4.69, 9.17) is 28.4 Å².